The lowest BCUT2D eigenvalue weighted by Crippen LogP contribution is -2.26. The maximum atomic E-state index is 13.4. The quantitative estimate of drug-likeness (QED) is 0.490. The molecule has 160 valence electrons. The zero-order valence-corrected chi connectivity index (χ0v) is 18.3. The summed E-state index contributed by atoms with van der Waals surface area (Å²) in [6, 6.07) is 23.4. The minimum Gasteiger partial charge on any atom is -0.311 e. The second-order valence-electron chi connectivity index (χ2n) is 7.94. The van der Waals surface area contributed by atoms with Crippen LogP contribution in [0.3, 0.4) is 0 Å². The minimum absolute atomic E-state index is 0.0656. The van der Waals surface area contributed by atoms with Crippen molar-refractivity contribution < 1.29 is 14.4 Å². The van der Waals surface area contributed by atoms with Gasteiger partial charge in [-0.3, -0.25) is 14.4 Å². The molecule has 0 aliphatic heterocycles. The molecule has 3 aromatic rings. The van der Waals surface area contributed by atoms with Gasteiger partial charge in [0.15, 0.2) is 11.6 Å². The number of allylic oxidation sites excluding steroid dienone is 2. The number of hydrogen-bond acceptors (Lipinski definition) is 3. The Morgan fingerprint density at radius 3 is 2.00 bits per heavy atom. The van der Waals surface area contributed by atoms with E-state index in [1.54, 1.807) is 48.3 Å². The van der Waals surface area contributed by atoms with Gasteiger partial charge < -0.3 is 4.90 Å². The molecule has 0 saturated carbocycles. The Labute approximate surface area is 188 Å². The third kappa shape index (κ3) is 3.92. The molecular formula is C28H25NO3. The highest BCUT2D eigenvalue weighted by atomic mass is 16.2. The van der Waals surface area contributed by atoms with Crippen molar-refractivity contribution in [2.24, 2.45) is 0 Å². The molecule has 0 N–H and O–H groups in total. The second kappa shape index (κ2) is 9.15. The third-order valence-corrected chi connectivity index (χ3v) is 5.87. The summed E-state index contributed by atoms with van der Waals surface area (Å²) >= 11 is 0. The molecule has 32 heavy (non-hydrogen) atoms. The first-order valence-electron chi connectivity index (χ1n) is 10.9. The average molecular weight is 424 g/mol. The number of rotatable bonds is 6. The van der Waals surface area contributed by atoms with Crippen LogP contribution in [0, 0.1) is 0 Å². The van der Waals surface area contributed by atoms with Crippen molar-refractivity contribution in [3.8, 4) is 0 Å². The average Bonchev–Trinajstić information content (AvgIpc) is 2.85. The van der Waals surface area contributed by atoms with E-state index in [0.717, 1.165) is 12.8 Å². The van der Waals surface area contributed by atoms with Crippen LogP contribution in [0.25, 0.3) is 5.57 Å². The summed E-state index contributed by atoms with van der Waals surface area (Å²) in [6.07, 6.45) is 2.34. The summed E-state index contributed by atoms with van der Waals surface area (Å²) in [6.45, 7) is 2.07. The smallest absolute Gasteiger partial charge is 0.258 e. The standard InChI is InChI=1S/C28H25NO3/c1-3-4-12-24-25(27(31)23-14-9-8-13-22(23)26(24)30)19-15-17-21(18-16-19)29(2)28(32)20-10-6-5-7-11-20/h5-11,13-18H,3-4,12H2,1-2H3. The Kier molecular flexibility index (Phi) is 6.13. The number of fused-ring (bicyclic) bond motifs is 1. The van der Waals surface area contributed by atoms with Crippen molar-refractivity contribution in [2.75, 3.05) is 11.9 Å². The first-order chi connectivity index (χ1) is 15.5. The van der Waals surface area contributed by atoms with Crippen LogP contribution in [0.1, 0.15) is 62.8 Å². The highest BCUT2D eigenvalue weighted by Crippen LogP contribution is 2.35. The number of Topliss-reactive ketones (excluding diaryl/α,β-unsaturated/α-hetero) is 2. The molecule has 0 fully saturated rings. The maximum absolute atomic E-state index is 13.4. The van der Waals surface area contributed by atoms with Crippen LogP contribution in [-0.2, 0) is 0 Å². The molecule has 0 radical (unpaired) electrons. The molecule has 4 rings (SSSR count). The van der Waals surface area contributed by atoms with Gasteiger partial charge in [-0.1, -0.05) is 67.9 Å². The van der Waals surface area contributed by atoms with E-state index in [9.17, 15) is 14.4 Å². The molecule has 3 aromatic carbocycles. The van der Waals surface area contributed by atoms with Gasteiger partial charge in [0.05, 0.1) is 0 Å². The van der Waals surface area contributed by atoms with E-state index in [1.165, 1.54) is 0 Å². The summed E-state index contributed by atoms with van der Waals surface area (Å²) in [5.74, 6) is -0.295. The van der Waals surface area contributed by atoms with Gasteiger partial charge in [0.25, 0.3) is 5.91 Å². The van der Waals surface area contributed by atoms with E-state index >= 15 is 0 Å². The van der Waals surface area contributed by atoms with Gasteiger partial charge in [0.2, 0.25) is 0 Å². The van der Waals surface area contributed by atoms with E-state index in [4.69, 9.17) is 0 Å². The van der Waals surface area contributed by atoms with Crippen molar-refractivity contribution >= 4 is 28.7 Å². The summed E-state index contributed by atoms with van der Waals surface area (Å²) in [5.41, 5.74) is 4.02. The summed E-state index contributed by atoms with van der Waals surface area (Å²) < 4.78 is 0. The molecule has 0 aromatic heterocycles. The van der Waals surface area contributed by atoms with E-state index in [2.05, 4.69) is 6.92 Å². The van der Waals surface area contributed by atoms with Gasteiger partial charge in [-0.2, -0.15) is 0 Å². The van der Waals surface area contributed by atoms with Crippen molar-refractivity contribution in [1.82, 2.24) is 0 Å². The Bertz CT molecular complexity index is 1210. The lowest BCUT2D eigenvalue weighted by Gasteiger charge is -2.22. The normalized spacial score (nSPS) is 13.2. The topological polar surface area (TPSA) is 54.5 Å². The molecular weight excluding hydrogens is 398 g/mol. The van der Waals surface area contributed by atoms with Crippen molar-refractivity contribution in [1.29, 1.82) is 0 Å². The van der Waals surface area contributed by atoms with Gasteiger partial charge in [-0.15, -0.1) is 0 Å². The van der Waals surface area contributed by atoms with E-state index in [-0.39, 0.29) is 17.5 Å². The first-order valence-corrected chi connectivity index (χ1v) is 10.9. The van der Waals surface area contributed by atoms with Crippen LogP contribution in [0.4, 0.5) is 5.69 Å². The molecule has 1 aliphatic carbocycles. The van der Waals surface area contributed by atoms with Crippen LogP contribution in [-0.4, -0.2) is 24.5 Å². The SMILES string of the molecule is CCCCC1=C(c2ccc(N(C)C(=O)c3ccccc3)cc2)C(=O)c2ccccc2C1=O. The predicted molar refractivity (Wildman–Crippen MR) is 127 cm³/mol. The van der Waals surface area contributed by atoms with Crippen LogP contribution in [0.2, 0.25) is 0 Å². The Hall–Kier alpha value is -3.79. The fourth-order valence-corrected chi connectivity index (χ4v) is 4.07. The fraction of sp³-hybridized carbons (Fsp3) is 0.179. The molecule has 1 amide bonds. The number of benzene rings is 3. The van der Waals surface area contributed by atoms with Crippen molar-refractivity contribution in [3.63, 3.8) is 0 Å². The summed E-state index contributed by atoms with van der Waals surface area (Å²) in [7, 11) is 1.72. The summed E-state index contributed by atoms with van der Waals surface area (Å²) in [4.78, 5) is 40.9. The fourth-order valence-electron chi connectivity index (χ4n) is 4.07. The highest BCUT2D eigenvalue weighted by Gasteiger charge is 2.32. The molecule has 0 unspecified atom stereocenters. The first kappa shape index (κ1) is 21.4. The minimum atomic E-state index is -0.118. The molecule has 0 spiro atoms. The van der Waals surface area contributed by atoms with Gasteiger partial charge in [-0.05, 0) is 42.7 Å². The Morgan fingerprint density at radius 2 is 1.38 bits per heavy atom. The van der Waals surface area contributed by atoms with Crippen molar-refractivity contribution in [3.05, 3.63) is 107 Å². The van der Waals surface area contributed by atoms with Crippen LogP contribution >= 0.6 is 0 Å². The largest absolute Gasteiger partial charge is 0.311 e. The monoisotopic (exact) mass is 423 g/mol. The zero-order chi connectivity index (χ0) is 22.7. The predicted octanol–water partition coefficient (Wildman–Crippen LogP) is 5.99. The van der Waals surface area contributed by atoms with Crippen LogP contribution in [0.5, 0.6) is 0 Å². The third-order valence-electron chi connectivity index (χ3n) is 5.87. The number of unbranched alkanes of at least 4 members (excludes halogenated alkanes) is 1. The molecule has 1 aliphatic rings. The van der Waals surface area contributed by atoms with E-state index in [1.807, 2.05) is 42.5 Å². The van der Waals surface area contributed by atoms with Gasteiger partial charge in [-0.25, -0.2) is 0 Å². The number of anilines is 1. The number of hydrogen-bond donors (Lipinski definition) is 0. The molecule has 0 saturated heterocycles. The van der Waals surface area contributed by atoms with E-state index < -0.39 is 0 Å². The van der Waals surface area contributed by atoms with E-state index in [0.29, 0.717) is 45.5 Å². The zero-order valence-electron chi connectivity index (χ0n) is 18.3. The number of nitrogens with zero attached hydrogens (tertiary/aromatic N) is 1. The maximum Gasteiger partial charge on any atom is 0.258 e. The lowest BCUT2D eigenvalue weighted by atomic mass is 9.79. The summed E-state index contributed by atoms with van der Waals surface area (Å²) in [5, 5.41) is 0. The number of ketones is 2. The van der Waals surface area contributed by atoms with Crippen LogP contribution < -0.4 is 4.90 Å². The molecule has 4 nitrogen and oxygen atoms in total. The Balaban J connectivity index is 1.70. The van der Waals surface area contributed by atoms with Gasteiger partial charge in [0, 0.05) is 40.6 Å². The van der Waals surface area contributed by atoms with Gasteiger partial charge in [0.1, 0.15) is 0 Å². The van der Waals surface area contributed by atoms with Gasteiger partial charge >= 0.3 is 0 Å². The highest BCUT2D eigenvalue weighted by molar-refractivity contribution is 6.40. The Morgan fingerprint density at radius 1 is 0.781 bits per heavy atom. The number of carbonyl (C=O) groups is 3. The van der Waals surface area contributed by atoms with Crippen molar-refractivity contribution in [2.45, 2.75) is 26.2 Å². The molecule has 0 atom stereocenters. The molecule has 0 bridgehead atoms. The lowest BCUT2D eigenvalue weighted by molar-refractivity contribution is 0.0988. The molecule has 0 heterocycles. The number of amides is 1. The van der Waals surface area contributed by atoms with Crippen LogP contribution in [0.15, 0.2) is 84.4 Å². The number of carbonyl (C=O) groups excluding carboxylic acids is 3. The second-order valence-corrected chi connectivity index (χ2v) is 7.94. The molecule has 4 heteroatoms.